The second-order valence-electron chi connectivity index (χ2n) is 14.2. The Morgan fingerprint density at radius 3 is 1.63 bits per heavy atom. The van der Waals surface area contributed by atoms with Crippen LogP contribution in [0.2, 0.25) is 0 Å². The van der Waals surface area contributed by atoms with Crippen molar-refractivity contribution >= 4 is 65.6 Å². The maximum atomic E-state index is 6.50. The van der Waals surface area contributed by atoms with Crippen molar-refractivity contribution in [2.24, 2.45) is 0 Å². The smallest absolute Gasteiger partial charge is 0.167 e. The summed E-state index contributed by atoms with van der Waals surface area (Å²) in [5.74, 6) is 1.53. The van der Waals surface area contributed by atoms with Crippen LogP contribution in [0.1, 0.15) is 0 Å². The van der Waals surface area contributed by atoms with Crippen molar-refractivity contribution in [1.29, 1.82) is 0 Å². The summed E-state index contributed by atoms with van der Waals surface area (Å²) in [6.45, 7) is 0. The number of aromatic nitrogens is 5. The molecule has 4 aromatic heterocycles. The molecule has 57 heavy (non-hydrogen) atoms. The van der Waals surface area contributed by atoms with Crippen LogP contribution in [-0.2, 0) is 0 Å². The van der Waals surface area contributed by atoms with Crippen molar-refractivity contribution in [3.63, 3.8) is 0 Å². The molecule has 266 valence electrons. The van der Waals surface area contributed by atoms with Crippen LogP contribution in [0.3, 0.4) is 0 Å². The lowest BCUT2D eigenvalue weighted by Gasteiger charge is -2.10. The minimum absolute atomic E-state index is 0.503. The van der Waals surface area contributed by atoms with Crippen molar-refractivity contribution in [3.8, 4) is 51.1 Å². The molecule has 0 radical (unpaired) electrons. The molecular formula is C50H29N5O2. The largest absolute Gasteiger partial charge is 0.455 e. The number of para-hydroxylation sites is 5. The quantitative estimate of drug-likeness (QED) is 0.175. The number of hydrogen-bond donors (Lipinski definition) is 0. The summed E-state index contributed by atoms with van der Waals surface area (Å²) in [6, 6.07) is 59.8. The summed E-state index contributed by atoms with van der Waals surface area (Å²) in [5, 5.41) is 12.8. The van der Waals surface area contributed by atoms with Crippen LogP contribution in [0, 0.1) is 0 Å². The van der Waals surface area contributed by atoms with Gasteiger partial charge < -0.3 is 8.83 Å². The molecule has 0 aliphatic heterocycles. The van der Waals surface area contributed by atoms with Crippen molar-refractivity contribution in [2.45, 2.75) is 0 Å². The highest BCUT2D eigenvalue weighted by molar-refractivity contribution is 6.14. The number of hydrogen-bond acceptors (Lipinski definition) is 6. The van der Waals surface area contributed by atoms with Gasteiger partial charge in [-0.2, -0.15) is 5.10 Å². The summed E-state index contributed by atoms with van der Waals surface area (Å²) in [5.41, 5.74) is 9.30. The van der Waals surface area contributed by atoms with Gasteiger partial charge in [0.1, 0.15) is 28.0 Å². The molecule has 0 aliphatic carbocycles. The van der Waals surface area contributed by atoms with E-state index in [1.165, 1.54) is 0 Å². The van der Waals surface area contributed by atoms with Gasteiger partial charge in [0.05, 0.1) is 22.3 Å². The maximum Gasteiger partial charge on any atom is 0.167 e. The molecule has 12 aromatic rings. The summed E-state index contributed by atoms with van der Waals surface area (Å²) in [6.07, 6.45) is 0. The second kappa shape index (κ2) is 12.3. The van der Waals surface area contributed by atoms with E-state index in [-0.39, 0.29) is 0 Å². The molecule has 0 unspecified atom stereocenters. The molecule has 0 fully saturated rings. The Hall–Kier alpha value is -7.90. The van der Waals surface area contributed by atoms with Gasteiger partial charge >= 0.3 is 0 Å². The third-order valence-corrected chi connectivity index (χ3v) is 10.9. The monoisotopic (exact) mass is 731 g/mol. The molecule has 0 bridgehead atoms. The summed E-state index contributed by atoms with van der Waals surface area (Å²) < 4.78 is 15.0. The maximum absolute atomic E-state index is 6.50. The van der Waals surface area contributed by atoms with E-state index >= 15 is 0 Å². The van der Waals surface area contributed by atoms with Gasteiger partial charge in [-0.3, -0.25) is 0 Å². The molecule has 0 aliphatic rings. The van der Waals surface area contributed by atoms with Crippen LogP contribution in [0.25, 0.3) is 117 Å². The summed E-state index contributed by atoms with van der Waals surface area (Å²) in [4.78, 5) is 15.6. The van der Waals surface area contributed by atoms with Crippen molar-refractivity contribution in [2.75, 3.05) is 0 Å². The minimum Gasteiger partial charge on any atom is -0.455 e. The zero-order valence-electron chi connectivity index (χ0n) is 30.3. The molecule has 7 heteroatoms. The van der Waals surface area contributed by atoms with Crippen LogP contribution in [0.4, 0.5) is 0 Å². The van der Waals surface area contributed by atoms with Crippen molar-refractivity contribution < 1.29 is 8.83 Å². The van der Waals surface area contributed by atoms with Gasteiger partial charge in [0.25, 0.3) is 0 Å². The summed E-state index contributed by atoms with van der Waals surface area (Å²) >= 11 is 0. The van der Waals surface area contributed by atoms with Gasteiger partial charge in [0.15, 0.2) is 17.5 Å². The number of rotatable bonds is 5. The Balaban J connectivity index is 1.10. The highest BCUT2D eigenvalue weighted by Crippen LogP contribution is 2.40. The first kappa shape index (κ1) is 31.5. The fraction of sp³-hybridized carbons (Fsp3) is 0. The first-order valence-corrected chi connectivity index (χ1v) is 18.9. The van der Waals surface area contributed by atoms with Gasteiger partial charge in [-0.1, -0.05) is 127 Å². The normalized spacial score (nSPS) is 11.9. The molecule has 0 saturated carbocycles. The zero-order chi connectivity index (χ0) is 37.5. The molecular weight excluding hydrogens is 703 g/mol. The van der Waals surface area contributed by atoms with Crippen molar-refractivity contribution in [3.05, 3.63) is 176 Å². The first-order chi connectivity index (χ1) is 28.2. The lowest BCUT2D eigenvalue weighted by Crippen LogP contribution is -2.01. The lowest BCUT2D eigenvalue weighted by atomic mass is 10.00. The van der Waals surface area contributed by atoms with Crippen LogP contribution in [-0.4, -0.2) is 24.7 Å². The second-order valence-corrected chi connectivity index (χ2v) is 14.2. The van der Waals surface area contributed by atoms with Crippen LogP contribution in [0.15, 0.2) is 185 Å². The Labute approximate surface area is 325 Å². The molecule has 0 saturated heterocycles. The first-order valence-electron chi connectivity index (χ1n) is 18.9. The Kier molecular flexibility index (Phi) is 6.79. The fourth-order valence-electron chi connectivity index (χ4n) is 8.26. The van der Waals surface area contributed by atoms with E-state index in [4.69, 9.17) is 28.9 Å². The molecule has 4 heterocycles. The van der Waals surface area contributed by atoms with Crippen LogP contribution >= 0.6 is 0 Å². The van der Waals surface area contributed by atoms with Gasteiger partial charge in [-0.05, 0) is 59.3 Å². The van der Waals surface area contributed by atoms with E-state index in [2.05, 4.69) is 84.9 Å². The molecule has 0 N–H and O–H groups in total. The standard InChI is InChI=1S/C50H29N5O2/c1-2-16-33(17-3-1)55-41-28-27-30-13-4-5-18-34(30)44(41)45(54-55)31-14-10-15-32(29-31)48-51-49(39-23-11-21-37-35-19-6-8-25-42(35)56-46(37)39)53-50(52-48)40-24-12-22-38-36-20-7-9-26-43(36)57-47(38)40/h1-29H. The summed E-state index contributed by atoms with van der Waals surface area (Å²) in [7, 11) is 0. The molecule has 12 rings (SSSR count). The SMILES string of the molecule is c1ccc(-n2nc(-c3cccc(-c4nc(-c5cccc6c5oc5ccccc56)nc(-c5cccc6c5oc5ccccc56)n4)c3)c3c4ccccc4ccc32)cc1. The number of furan rings is 2. The topological polar surface area (TPSA) is 82.8 Å². The van der Waals surface area contributed by atoms with Gasteiger partial charge in [0, 0.05) is 38.1 Å². The van der Waals surface area contributed by atoms with E-state index in [9.17, 15) is 0 Å². The average molecular weight is 732 g/mol. The van der Waals surface area contributed by atoms with Gasteiger partial charge in [-0.25, -0.2) is 19.6 Å². The third-order valence-electron chi connectivity index (χ3n) is 10.9. The van der Waals surface area contributed by atoms with E-state index < -0.39 is 0 Å². The van der Waals surface area contributed by atoms with Gasteiger partial charge in [0.2, 0.25) is 0 Å². The molecule has 0 amide bonds. The van der Waals surface area contributed by atoms with E-state index in [1.807, 2.05) is 95.7 Å². The zero-order valence-corrected chi connectivity index (χ0v) is 30.3. The predicted molar refractivity (Wildman–Crippen MR) is 228 cm³/mol. The van der Waals surface area contributed by atoms with Crippen molar-refractivity contribution in [1.82, 2.24) is 24.7 Å². The predicted octanol–water partition coefficient (Wildman–Crippen LogP) is 12.8. The Bertz CT molecular complexity index is 3410. The molecule has 7 nitrogen and oxygen atoms in total. The van der Waals surface area contributed by atoms with Crippen LogP contribution < -0.4 is 0 Å². The van der Waals surface area contributed by atoms with Crippen LogP contribution in [0.5, 0.6) is 0 Å². The molecule has 0 atom stereocenters. The number of nitrogens with zero attached hydrogens (tertiary/aromatic N) is 5. The number of fused-ring (bicyclic) bond motifs is 9. The van der Waals surface area contributed by atoms with E-state index in [0.29, 0.717) is 17.5 Å². The van der Waals surface area contributed by atoms with E-state index in [0.717, 1.165) is 99.2 Å². The highest BCUT2D eigenvalue weighted by atomic mass is 16.3. The molecule has 0 spiro atoms. The Morgan fingerprint density at radius 1 is 0.404 bits per heavy atom. The average Bonchev–Trinajstić information content (AvgIpc) is 3.99. The van der Waals surface area contributed by atoms with Gasteiger partial charge in [-0.15, -0.1) is 0 Å². The lowest BCUT2D eigenvalue weighted by molar-refractivity contribution is 0.669. The third kappa shape index (κ3) is 4.92. The molecule has 8 aromatic carbocycles. The van der Waals surface area contributed by atoms with E-state index in [1.54, 1.807) is 0 Å². The highest BCUT2D eigenvalue weighted by Gasteiger charge is 2.22. The number of benzene rings is 8. The Morgan fingerprint density at radius 2 is 0.947 bits per heavy atom. The minimum atomic E-state index is 0.503. The fourth-order valence-corrected chi connectivity index (χ4v) is 8.26.